The molecule has 0 bridgehead atoms. The van der Waals surface area contributed by atoms with Gasteiger partial charge >= 0.3 is 0 Å². The number of likely N-dealkylation sites (tertiary alicyclic amines) is 1. The monoisotopic (exact) mass is 331 g/mol. The molecule has 1 aliphatic heterocycles. The van der Waals surface area contributed by atoms with Gasteiger partial charge in [0.2, 0.25) is 5.91 Å². The summed E-state index contributed by atoms with van der Waals surface area (Å²) in [6, 6.07) is 5.65. The van der Waals surface area contributed by atoms with Gasteiger partial charge in [-0.05, 0) is 37.6 Å². The van der Waals surface area contributed by atoms with E-state index in [1.807, 2.05) is 16.3 Å². The molecule has 3 rings (SSSR count). The van der Waals surface area contributed by atoms with Gasteiger partial charge in [0.25, 0.3) is 5.56 Å². The van der Waals surface area contributed by atoms with Crippen LogP contribution in [0.5, 0.6) is 0 Å². The summed E-state index contributed by atoms with van der Waals surface area (Å²) < 4.78 is 0. The number of nitrogens with one attached hydrogen (secondary N) is 1. The normalized spacial score (nSPS) is 18.1. The third-order valence-corrected chi connectivity index (χ3v) is 5.17. The van der Waals surface area contributed by atoms with Crippen molar-refractivity contribution in [1.82, 2.24) is 14.9 Å². The van der Waals surface area contributed by atoms with Gasteiger partial charge in [0.1, 0.15) is 5.82 Å². The number of carbonyl (C=O) groups excluding carboxylic acids is 1. The second kappa shape index (κ2) is 7.08. The molecule has 0 aliphatic carbocycles. The van der Waals surface area contributed by atoms with Gasteiger partial charge in [-0.2, -0.15) is 0 Å². The summed E-state index contributed by atoms with van der Waals surface area (Å²) in [5.41, 5.74) is 0.690. The Morgan fingerprint density at radius 3 is 3.13 bits per heavy atom. The Hall–Kier alpha value is -1.95. The number of carbonyl (C=O) groups is 1. The summed E-state index contributed by atoms with van der Waals surface area (Å²) >= 11 is 1.69. The Labute approximate surface area is 139 Å². The Kier molecular flexibility index (Phi) is 4.91. The number of hydrogen-bond donors (Lipinski definition) is 1. The molecule has 3 heterocycles. The maximum atomic E-state index is 12.4. The molecule has 6 heteroatoms. The van der Waals surface area contributed by atoms with E-state index in [4.69, 9.17) is 0 Å². The highest BCUT2D eigenvalue weighted by molar-refractivity contribution is 7.09. The first kappa shape index (κ1) is 15.9. The van der Waals surface area contributed by atoms with Gasteiger partial charge in [-0.3, -0.25) is 9.59 Å². The maximum Gasteiger partial charge on any atom is 0.251 e. The van der Waals surface area contributed by atoms with Crippen molar-refractivity contribution >= 4 is 17.2 Å². The van der Waals surface area contributed by atoms with Crippen LogP contribution in [0.3, 0.4) is 0 Å². The number of hydrogen-bond acceptors (Lipinski definition) is 4. The zero-order chi connectivity index (χ0) is 16.2. The predicted octanol–water partition coefficient (Wildman–Crippen LogP) is 2.48. The van der Waals surface area contributed by atoms with E-state index in [9.17, 15) is 9.59 Å². The van der Waals surface area contributed by atoms with Crippen molar-refractivity contribution in [1.29, 1.82) is 0 Å². The molecular formula is C17H21N3O2S. The van der Waals surface area contributed by atoms with E-state index < -0.39 is 0 Å². The molecule has 0 saturated carbocycles. The highest BCUT2D eigenvalue weighted by atomic mass is 32.1. The fourth-order valence-electron chi connectivity index (χ4n) is 3.10. The highest BCUT2D eigenvalue weighted by Gasteiger charge is 2.25. The standard InChI is InChI=1S/C17H21N3O2S/c1-12-18-15(10-16(21)19-12)13-4-2-8-20(11-13)17(22)7-6-14-5-3-9-23-14/h3,5,9-10,13H,2,4,6-8,11H2,1H3,(H,18,19,21)/t13-/m0/s1. The molecule has 1 amide bonds. The van der Waals surface area contributed by atoms with Gasteiger partial charge in [-0.1, -0.05) is 6.07 Å². The lowest BCUT2D eigenvalue weighted by Crippen LogP contribution is -2.39. The second-order valence-corrected chi connectivity index (χ2v) is 7.05. The summed E-state index contributed by atoms with van der Waals surface area (Å²) in [5, 5.41) is 2.04. The van der Waals surface area contributed by atoms with Crippen molar-refractivity contribution in [2.45, 2.75) is 38.5 Å². The van der Waals surface area contributed by atoms with E-state index in [2.05, 4.69) is 16.0 Å². The molecule has 2 aromatic heterocycles. The maximum absolute atomic E-state index is 12.4. The molecule has 0 unspecified atom stereocenters. The Balaban J connectivity index is 1.63. The van der Waals surface area contributed by atoms with Crippen LogP contribution in [0, 0.1) is 6.92 Å². The second-order valence-electron chi connectivity index (χ2n) is 6.01. The van der Waals surface area contributed by atoms with E-state index in [1.165, 1.54) is 4.88 Å². The van der Waals surface area contributed by atoms with Crippen molar-refractivity contribution in [3.8, 4) is 0 Å². The number of rotatable bonds is 4. The van der Waals surface area contributed by atoms with Crippen LogP contribution in [0.1, 0.15) is 41.6 Å². The van der Waals surface area contributed by atoms with Crippen molar-refractivity contribution in [2.75, 3.05) is 13.1 Å². The number of aryl methyl sites for hydroxylation is 2. The molecule has 1 fully saturated rings. The van der Waals surface area contributed by atoms with Crippen molar-refractivity contribution in [3.05, 3.63) is 50.3 Å². The van der Waals surface area contributed by atoms with E-state index >= 15 is 0 Å². The van der Waals surface area contributed by atoms with Crippen molar-refractivity contribution < 1.29 is 4.79 Å². The number of H-pyrrole nitrogens is 1. The number of amides is 1. The third-order valence-electron chi connectivity index (χ3n) is 4.24. The Morgan fingerprint density at radius 2 is 2.39 bits per heavy atom. The molecule has 1 atom stereocenters. The van der Waals surface area contributed by atoms with Crippen molar-refractivity contribution in [2.24, 2.45) is 0 Å². The summed E-state index contributed by atoms with van der Waals surface area (Å²) in [4.78, 5) is 34.4. The van der Waals surface area contributed by atoms with Crippen LogP contribution in [0.2, 0.25) is 0 Å². The molecule has 23 heavy (non-hydrogen) atoms. The molecule has 122 valence electrons. The summed E-state index contributed by atoms with van der Waals surface area (Å²) in [7, 11) is 0. The van der Waals surface area contributed by atoms with E-state index in [-0.39, 0.29) is 17.4 Å². The summed E-state index contributed by atoms with van der Waals surface area (Å²) in [5.74, 6) is 0.994. The molecule has 1 saturated heterocycles. The van der Waals surface area contributed by atoms with Crippen LogP contribution in [-0.2, 0) is 11.2 Å². The average Bonchev–Trinajstić information content (AvgIpc) is 3.05. The topological polar surface area (TPSA) is 66.1 Å². The molecule has 0 spiro atoms. The minimum absolute atomic E-state index is 0.117. The quantitative estimate of drug-likeness (QED) is 0.936. The first-order valence-corrected chi connectivity index (χ1v) is 8.88. The van der Waals surface area contributed by atoms with Crippen LogP contribution < -0.4 is 5.56 Å². The smallest absolute Gasteiger partial charge is 0.251 e. The van der Waals surface area contributed by atoms with Crippen LogP contribution in [-0.4, -0.2) is 33.9 Å². The van der Waals surface area contributed by atoms with E-state index in [0.29, 0.717) is 18.8 Å². The molecule has 2 aromatic rings. The highest BCUT2D eigenvalue weighted by Crippen LogP contribution is 2.25. The predicted molar refractivity (Wildman–Crippen MR) is 90.8 cm³/mol. The van der Waals surface area contributed by atoms with E-state index in [1.54, 1.807) is 24.3 Å². The van der Waals surface area contributed by atoms with Gasteiger partial charge in [-0.25, -0.2) is 4.98 Å². The van der Waals surface area contributed by atoms with Gasteiger partial charge < -0.3 is 9.88 Å². The lowest BCUT2D eigenvalue weighted by molar-refractivity contribution is -0.132. The van der Waals surface area contributed by atoms with Crippen LogP contribution in [0.15, 0.2) is 28.4 Å². The van der Waals surface area contributed by atoms with Crippen LogP contribution in [0.4, 0.5) is 0 Å². The number of aromatic amines is 1. The molecule has 0 radical (unpaired) electrons. The van der Waals surface area contributed by atoms with Crippen LogP contribution >= 0.6 is 11.3 Å². The average molecular weight is 331 g/mol. The lowest BCUT2D eigenvalue weighted by Gasteiger charge is -2.32. The fourth-order valence-corrected chi connectivity index (χ4v) is 3.81. The molecule has 1 N–H and O–H groups in total. The third kappa shape index (κ3) is 4.07. The minimum atomic E-state index is -0.117. The van der Waals surface area contributed by atoms with Crippen molar-refractivity contribution in [3.63, 3.8) is 0 Å². The molecule has 5 nitrogen and oxygen atoms in total. The molecule has 1 aliphatic rings. The lowest BCUT2D eigenvalue weighted by atomic mass is 9.94. The largest absolute Gasteiger partial charge is 0.342 e. The fraction of sp³-hybridized carbons (Fsp3) is 0.471. The first-order valence-electron chi connectivity index (χ1n) is 8.00. The molecular weight excluding hydrogens is 310 g/mol. The van der Waals surface area contributed by atoms with Gasteiger partial charge in [0.15, 0.2) is 0 Å². The summed E-state index contributed by atoms with van der Waals surface area (Å²) in [6.45, 7) is 3.26. The van der Waals surface area contributed by atoms with Gasteiger partial charge in [0.05, 0.1) is 5.69 Å². The number of aromatic nitrogens is 2. The SMILES string of the molecule is Cc1nc([C@H]2CCCN(C(=O)CCc3cccs3)C2)cc(=O)[nH]1. The first-order chi connectivity index (χ1) is 11.1. The number of thiophene rings is 1. The Bertz CT molecular complexity index is 724. The Morgan fingerprint density at radius 1 is 1.52 bits per heavy atom. The zero-order valence-corrected chi connectivity index (χ0v) is 14.1. The molecule has 0 aromatic carbocycles. The van der Waals surface area contributed by atoms with E-state index in [0.717, 1.165) is 31.5 Å². The van der Waals surface area contributed by atoms with Gasteiger partial charge in [0, 0.05) is 36.4 Å². The summed E-state index contributed by atoms with van der Waals surface area (Å²) in [6.07, 6.45) is 3.29. The minimum Gasteiger partial charge on any atom is -0.342 e. The van der Waals surface area contributed by atoms with Crippen LogP contribution in [0.25, 0.3) is 0 Å². The zero-order valence-electron chi connectivity index (χ0n) is 13.2. The number of piperidine rings is 1. The number of nitrogens with zero attached hydrogens (tertiary/aromatic N) is 2. The van der Waals surface area contributed by atoms with Gasteiger partial charge in [-0.15, -0.1) is 11.3 Å².